The molecule has 1 fully saturated rings. The van der Waals surface area contributed by atoms with Gasteiger partial charge in [0.1, 0.15) is 17.7 Å². The first kappa shape index (κ1) is 20.7. The van der Waals surface area contributed by atoms with Gasteiger partial charge in [-0.2, -0.15) is 0 Å². The smallest absolute Gasteiger partial charge is 0.303 e. The lowest BCUT2D eigenvalue weighted by atomic mass is 9.91. The molecule has 0 saturated heterocycles. The van der Waals surface area contributed by atoms with Crippen molar-refractivity contribution in [3.8, 4) is 17.0 Å². The molecule has 1 saturated carbocycles. The second-order valence-electron chi connectivity index (χ2n) is 8.98. The Morgan fingerprint density at radius 3 is 2.78 bits per heavy atom. The molecule has 164 valence electrons. The molecule has 1 N–H and O–H groups in total. The molecular formula is C27H26FNO3. The summed E-state index contributed by atoms with van der Waals surface area (Å²) in [5.41, 5.74) is 5.19. The van der Waals surface area contributed by atoms with E-state index >= 15 is 0 Å². The Hall–Kier alpha value is -3.21. The van der Waals surface area contributed by atoms with Crippen LogP contribution in [0.5, 0.6) is 5.75 Å². The van der Waals surface area contributed by atoms with Crippen LogP contribution in [0.4, 0.5) is 4.39 Å². The molecule has 2 aliphatic rings. The summed E-state index contributed by atoms with van der Waals surface area (Å²) in [6, 6.07) is 16.8. The van der Waals surface area contributed by atoms with Crippen LogP contribution in [0.25, 0.3) is 11.3 Å². The van der Waals surface area contributed by atoms with Crippen LogP contribution in [0.1, 0.15) is 60.1 Å². The van der Waals surface area contributed by atoms with Gasteiger partial charge in [0.15, 0.2) is 0 Å². The highest BCUT2D eigenvalue weighted by atomic mass is 19.1. The summed E-state index contributed by atoms with van der Waals surface area (Å²) < 4.78 is 20.6. The monoisotopic (exact) mass is 431 g/mol. The summed E-state index contributed by atoms with van der Waals surface area (Å²) in [5, 5.41) is 9.31. The highest BCUT2D eigenvalue weighted by molar-refractivity contribution is 5.68. The summed E-state index contributed by atoms with van der Waals surface area (Å²) in [5.74, 6) is 0.228. The number of aryl methyl sites for hydroxylation is 2. The van der Waals surface area contributed by atoms with E-state index in [-0.39, 0.29) is 24.3 Å². The van der Waals surface area contributed by atoms with Gasteiger partial charge in [-0.3, -0.25) is 9.78 Å². The van der Waals surface area contributed by atoms with Crippen LogP contribution in [0.3, 0.4) is 0 Å². The Morgan fingerprint density at radius 2 is 2.00 bits per heavy atom. The average Bonchev–Trinajstić information content (AvgIpc) is 3.55. The van der Waals surface area contributed by atoms with E-state index in [0.29, 0.717) is 17.2 Å². The molecule has 2 atom stereocenters. The molecule has 1 aromatic heterocycles. The van der Waals surface area contributed by atoms with Crippen molar-refractivity contribution in [1.82, 2.24) is 4.98 Å². The molecule has 0 spiro atoms. The predicted octanol–water partition coefficient (Wildman–Crippen LogP) is 6.23. The van der Waals surface area contributed by atoms with Crippen LogP contribution in [-0.4, -0.2) is 16.1 Å². The number of carboxylic acid groups (broad SMARTS) is 1. The SMILES string of the molecule is Cc1ccc(F)c(-c2ccc3c(n2)CC[C@H]3Oc2cccc([C@@H](CC(=O)O)C3CC3)c2)c1. The number of ether oxygens (including phenoxy) is 1. The molecule has 4 nitrogen and oxygen atoms in total. The predicted molar refractivity (Wildman–Crippen MR) is 120 cm³/mol. The molecular weight excluding hydrogens is 405 g/mol. The molecule has 5 heteroatoms. The van der Waals surface area contributed by atoms with Gasteiger partial charge >= 0.3 is 5.97 Å². The number of pyridine rings is 1. The van der Waals surface area contributed by atoms with E-state index in [2.05, 4.69) is 0 Å². The minimum atomic E-state index is -0.759. The van der Waals surface area contributed by atoms with Crippen LogP contribution < -0.4 is 4.74 Å². The van der Waals surface area contributed by atoms with Gasteiger partial charge in [0.05, 0.1) is 12.1 Å². The quantitative estimate of drug-likeness (QED) is 0.482. The van der Waals surface area contributed by atoms with E-state index in [4.69, 9.17) is 9.72 Å². The summed E-state index contributed by atoms with van der Waals surface area (Å²) in [4.78, 5) is 16.1. The average molecular weight is 432 g/mol. The fourth-order valence-corrected chi connectivity index (χ4v) is 4.76. The van der Waals surface area contributed by atoms with Crippen LogP contribution in [0.2, 0.25) is 0 Å². The fourth-order valence-electron chi connectivity index (χ4n) is 4.76. The van der Waals surface area contributed by atoms with E-state index in [0.717, 1.165) is 53.8 Å². The van der Waals surface area contributed by atoms with E-state index in [1.807, 2.05) is 49.4 Å². The number of hydrogen-bond acceptors (Lipinski definition) is 3. The maximum Gasteiger partial charge on any atom is 0.303 e. The number of fused-ring (bicyclic) bond motifs is 1. The highest BCUT2D eigenvalue weighted by Gasteiger charge is 2.34. The zero-order valence-corrected chi connectivity index (χ0v) is 18.1. The molecule has 2 aliphatic carbocycles. The van der Waals surface area contributed by atoms with Crippen molar-refractivity contribution in [2.75, 3.05) is 0 Å². The van der Waals surface area contributed by atoms with Crippen LogP contribution in [0.15, 0.2) is 54.6 Å². The van der Waals surface area contributed by atoms with Crippen molar-refractivity contribution in [2.45, 2.75) is 51.0 Å². The Labute approximate surface area is 187 Å². The number of rotatable bonds is 7. The van der Waals surface area contributed by atoms with Gasteiger partial charge in [-0.15, -0.1) is 0 Å². The number of hydrogen-bond donors (Lipinski definition) is 1. The van der Waals surface area contributed by atoms with Gasteiger partial charge in [0.2, 0.25) is 0 Å². The molecule has 0 bridgehead atoms. The Bertz CT molecular complexity index is 1170. The van der Waals surface area contributed by atoms with Gasteiger partial charge in [-0.25, -0.2) is 4.39 Å². The van der Waals surface area contributed by atoms with Crippen LogP contribution in [-0.2, 0) is 11.2 Å². The summed E-state index contributed by atoms with van der Waals surface area (Å²) in [6.45, 7) is 1.94. The largest absolute Gasteiger partial charge is 0.486 e. The maximum absolute atomic E-state index is 14.3. The minimum absolute atomic E-state index is 0.0420. The molecule has 5 rings (SSSR count). The molecule has 3 aromatic rings. The molecule has 0 amide bonds. The van der Waals surface area contributed by atoms with Crippen molar-refractivity contribution in [3.63, 3.8) is 0 Å². The van der Waals surface area contributed by atoms with E-state index < -0.39 is 5.97 Å². The van der Waals surface area contributed by atoms with E-state index in [1.54, 1.807) is 6.07 Å². The van der Waals surface area contributed by atoms with Crippen LogP contribution >= 0.6 is 0 Å². The Morgan fingerprint density at radius 1 is 1.16 bits per heavy atom. The second kappa shape index (κ2) is 8.38. The van der Waals surface area contributed by atoms with E-state index in [9.17, 15) is 14.3 Å². The zero-order chi connectivity index (χ0) is 22.2. The lowest BCUT2D eigenvalue weighted by Crippen LogP contribution is -2.09. The third kappa shape index (κ3) is 4.24. The number of benzene rings is 2. The molecule has 0 unspecified atom stereocenters. The van der Waals surface area contributed by atoms with E-state index in [1.165, 1.54) is 6.07 Å². The lowest BCUT2D eigenvalue weighted by molar-refractivity contribution is -0.137. The van der Waals surface area contributed by atoms with Crippen molar-refractivity contribution >= 4 is 5.97 Å². The maximum atomic E-state index is 14.3. The lowest BCUT2D eigenvalue weighted by Gasteiger charge is -2.18. The number of carboxylic acids is 1. The first-order chi connectivity index (χ1) is 15.5. The zero-order valence-electron chi connectivity index (χ0n) is 18.1. The summed E-state index contributed by atoms with van der Waals surface area (Å²) >= 11 is 0. The van der Waals surface area contributed by atoms with Gasteiger partial charge in [-0.1, -0.05) is 29.8 Å². The number of aromatic nitrogens is 1. The second-order valence-corrected chi connectivity index (χ2v) is 8.98. The molecule has 2 aromatic carbocycles. The standard InChI is InChI=1S/C27H26FNO3/c1-16-5-9-23(28)22(13-16)25-10-8-20-24(29-25)11-12-26(20)32-19-4-2-3-18(14-19)21(15-27(30)31)17-6-7-17/h2-5,8-10,13-14,17,21,26H,6-7,11-12,15H2,1H3,(H,30,31)/t21-,26+/m0/s1. The molecule has 1 heterocycles. The number of carbonyl (C=O) groups is 1. The van der Waals surface area contributed by atoms with Crippen molar-refractivity contribution < 1.29 is 19.0 Å². The third-order valence-electron chi connectivity index (χ3n) is 6.55. The molecule has 0 radical (unpaired) electrons. The van der Waals surface area contributed by atoms with Crippen molar-refractivity contribution in [2.24, 2.45) is 5.92 Å². The molecule has 32 heavy (non-hydrogen) atoms. The van der Waals surface area contributed by atoms with Gasteiger partial charge in [-0.05, 0) is 80.3 Å². The van der Waals surface area contributed by atoms with Gasteiger partial charge < -0.3 is 9.84 Å². The van der Waals surface area contributed by atoms with Crippen molar-refractivity contribution in [3.05, 3.63) is 82.8 Å². The normalized spacial score (nSPS) is 18.2. The highest BCUT2D eigenvalue weighted by Crippen LogP contribution is 2.45. The summed E-state index contributed by atoms with van der Waals surface area (Å²) in [7, 11) is 0. The summed E-state index contributed by atoms with van der Waals surface area (Å²) in [6.07, 6.45) is 3.83. The Balaban J connectivity index is 1.36. The van der Waals surface area contributed by atoms with Crippen molar-refractivity contribution in [1.29, 1.82) is 0 Å². The topological polar surface area (TPSA) is 59.4 Å². The van der Waals surface area contributed by atoms with Gasteiger partial charge in [0, 0.05) is 16.8 Å². The minimum Gasteiger partial charge on any atom is -0.486 e. The number of aliphatic carboxylic acids is 1. The number of halogens is 1. The Kier molecular flexibility index (Phi) is 5.41. The first-order valence-corrected chi connectivity index (χ1v) is 11.2. The van der Waals surface area contributed by atoms with Crippen LogP contribution in [0, 0.1) is 18.7 Å². The fraction of sp³-hybridized carbons (Fsp3) is 0.333. The van der Waals surface area contributed by atoms with Gasteiger partial charge in [0.25, 0.3) is 0 Å². The number of nitrogens with zero attached hydrogens (tertiary/aromatic N) is 1. The third-order valence-corrected chi connectivity index (χ3v) is 6.55. The molecule has 0 aliphatic heterocycles. The first-order valence-electron chi connectivity index (χ1n) is 11.2.